The molecule has 0 unspecified atom stereocenters. The molecule has 158 valence electrons. The fourth-order valence-electron chi connectivity index (χ4n) is 3.04. The van der Waals surface area contributed by atoms with Crippen LogP contribution < -0.4 is 5.32 Å². The van der Waals surface area contributed by atoms with Crippen LogP contribution >= 0.6 is 11.3 Å². The number of halogens is 3. The Hall–Kier alpha value is -1.88. The number of carbonyl (C=O) groups excluding carboxylic acids is 2. The Kier molecular flexibility index (Phi) is 6.59. The van der Waals surface area contributed by atoms with Crippen molar-refractivity contribution in [3.63, 3.8) is 0 Å². The lowest BCUT2D eigenvalue weighted by molar-refractivity contribution is -0.137. The second-order valence-electron chi connectivity index (χ2n) is 7.61. The third-order valence-corrected chi connectivity index (χ3v) is 5.07. The average Bonchev–Trinajstić information content (AvgIpc) is 3.18. The molecule has 1 aromatic rings. The first-order chi connectivity index (χ1) is 12.9. The van der Waals surface area contributed by atoms with Crippen molar-refractivity contribution in [1.82, 2.24) is 15.2 Å². The van der Waals surface area contributed by atoms with Crippen LogP contribution in [0.5, 0.6) is 0 Å². The van der Waals surface area contributed by atoms with E-state index < -0.39 is 34.3 Å². The minimum atomic E-state index is -4.60. The van der Waals surface area contributed by atoms with Crippen molar-refractivity contribution in [3.05, 3.63) is 16.1 Å². The Bertz CT molecular complexity index is 717. The molecule has 11 heteroatoms. The number of aromatic nitrogens is 1. The molecule has 0 radical (unpaired) electrons. The van der Waals surface area contributed by atoms with Crippen molar-refractivity contribution in [2.75, 3.05) is 26.8 Å². The van der Waals surface area contributed by atoms with Gasteiger partial charge in [0.1, 0.15) is 11.3 Å². The van der Waals surface area contributed by atoms with Gasteiger partial charge in [-0.1, -0.05) is 0 Å². The zero-order chi connectivity index (χ0) is 21.2. The summed E-state index contributed by atoms with van der Waals surface area (Å²) in [4.78, 5) is 29.7. The number of hydrogen-bond acceptors (Lipinski definition) is 6. The highest BCUT2D eigenvalue weighted by molar-refractivity contribution is 7.09. The standard InChI is InChI=1S/C17H24F3N3O4S/c1-15(2,3)27-14(25)23-7-5-6-16(23,10-26-4)9-21-12(24)11-8-28-13(22-11)17(18,19)20/h8H,5-7,9-10H2,1-4H3,(H,21,24)/t16-/m1/s1. The summed E-state index contributed by atoms with van der Waals surface area (Å²) in [6, 6.07) is 0. The molecule has 1 N–H and O–H groups in total. The molecule has 1 fully saturated rings. The van der Waals surface area contributed by atoms with Gasteiger partial charge >= 0.3 is 12.3 Å². The number of thiazole rings is 1. The SMILES string of the molecule is COC[C@]1(CNC(=O)c2csc(C(F)(F)F)n2)CCCN1C(=O)OC(C)(C)C. The molecule has 0 aromatic carbocycles. The van der Waals surface area contributed by atoms with Crippen LogP contribution in [0.4, 0.5) is 18.0 Å². The van der Waals surface area contributed by atoms with E-state index in [2.05, 4.69) is 10.3 Å². The summed E-state index contributed by atoms with van der Waals surface area (Å²) in [7, 11) is 1.48. The zero-order valence-electron chi connectivity index (χ0n) is 16.2. The monoisotopic (exact) mass is 423 g/mol. The van der Waals surface area contributed by atoms with Gasteiger partial charge in [0, 0.05) is 25.6 Å². The minimum Gasteiger partial charge on any atom is -0.444 e. The van der Waals surface area contributed by atoms with Gasteiger partial charge in [-0.25, -0.2) is 9.78 Å². The number of ether oxygens (including phenoxy) is 2. The predicted molar refractivity (Wildman–Crippen MR) is 96.2 cm³/mol. The second-order valence-corrected chi connectivity index (χ2v) is 8.47. The summed E-state index contributed by atoms with van der Waals surface area (Å²) in [6.45, 7) is 5.85. The lowest BCUT2D eigenvalue weighted by Gasteiger charge is -2.38. The van der Waals surface area contributed by atoms with Gasteiger partial charge in [-0.3, -0.25) is 9.69 Å². The number of alkyl halides is 3. The van der Waals surface area contributed by atoms with Gasteiger partial charge < -0.3 is 14.8 Å². The molecule has 1 atom stereocenters. The van der Waals surface area contributed by atoms with Gasteiger partial charge in [-0.15, -0.1) is 11.3 Å². The number of nitrogens with zero attached hydrogens (tertiary/aromatic N) is 2. The minimum absolute atomic E-state index is 0.0117. The van der Waals surface area contributed by atoms with Gasteiger partial charge in [0.25, 0.3) is 5.91 Å². The number of amides is 2. The topological polar surface area (TPSA) is 80.8 Å². The number of rotatable bonds is 5. The van der Waals surface area contributed by atoms with Crippen LogP contribution in [0.3, 0.4) is 0 Å². The van der Waals surface area contributed by atoms with Crippen molar-refractivity contribution in [2.24, 2.45) is 0 Å². The molecular formula is C17H24F3N3O4S. The Balaban J connectivity index is 2.11. The molecule has 2 heterocycles. The third kappa shape index (κ3) is 5.34. The van der Waals surface area contributed by atoms with E-state index in [1.165, 1.54) is 12.0 Å². The Morgan fingerprint density at radius 3 is 2.57 bits per heavy atom. The van der Waals surface area contributed by atoms with Gasteiger partial charge in [0.15, 0.2) is 5.01 Å². The summed E-state index contributed by atoms with van der Waals surface area (Å²) in [5.74, 6) is -0.738. The normalized spacial score (nSPS) is 20.3. The predicted octanol–water partition coefficient (Wildman–Crippen LogP) is 3.31. The van der Waals surface area contributed by atoms with Gasteiger partial charge in [0.05, 0.1) is 12.1 Å². The number of carbonyl (C=O) groups is 2. The molecule has 0 aliphatic carbocycles. The molecule has 1 aromatic heterocycles. The summed E-state index contributed by atoms with van der Waals surface area (Å²) in [5.41, 5.74) is -1.84. The highest BCUT2D eigenvalue weighted by Gasteiger charge is 2.46. The summed E-state index contributed by atoms with van der Waals surface area (Å²) in [6.07, 6.45) is -3.87. The lowest BCUT2D eigenvalue weighted by Crippen LogP contribution is -2.57. The highest BCUT2D eigenvalue weighted by atomic mass is 32.1. The summed E-state index contributed by atoms with van der Waals surface area (Å²) >= 11 is 0.358. The first kappa shape index (κ1) is 22.4. The lowest BCUT2D eigenvalue weighted by atomic mass is 9.97. The molecule has 28 heavy (non-hydrogen) atoms. The number of methoxy groups -OCH3 is 1. The maximum Gasteiger partial charge on any atom is 0.443 e. The Morgan fingerprint density at radius 2 is 2.04 bits per heavy atom. The van der Waals surface area contributed by atoms with E-state index in [1.807, 2.05) is 0 Å². The van der Waals surface area contributed by atoms with E-state index >= 15 is 0 Å². The second kappa shape index (κ2) is 8.24. The van der Waals surface area contributed by atoms with Crippen LogP contribution in [0.15, 0.2) is 5.38 Å². The molecule has 7 nitrogen and oxygen atoms in total. The molecule has 1 aliphatic rings. The zero-order valence-corrected chi connectivity index (χ0v) is 17.0. The third-order valence-electron chi connectivity index (χ3n) is 4.18. The van der Waals surface area contributed by atoms with E-state index in [9.17, 15) is 22.8 Å². The van der Waals surface area contributed by atoms with Crippen molar-refractivity contribution >= 4 is 23.3 Å². The van der Waals surface area contributed by atoms with E-state index in [4.69, 9.17) is 9.47 Å². The smallest absolute Gasteiger partial charge is 0.443 e. The van der Waals surface area contributed by atoms with Crippen molar-refractivity contribution in [3.8, 4) is 0 Å². The van der Waals surface area contributed by atoms with Crippen LogP contribution in [0.1, 0.15) is 49.1 Å². The van der Waals surface area contributed by atoms with E-state index in [0.717, 1.165) is 5.38 Å². The van der Waals surface area contributed by atoms with Crippen LogP contribution in [-0.2, 0) is 15.7 Å². The Labute approximate surface area is 165 Å². The molecular weight excluding hydrogens is 399 g/mol. The summed E-state index contributed by atoms with van der Waals surface area (Å²) in [5, 5.41) is 2.56. The quantitative estimate of drug-likeness (QED) is 0.786. The first-order valence-corrected chi connectivity index (χ1v) is 9.56. The highest BCUT2D eigenvalue weighted by Crippen LogP contribution is 2.33. The maximum atomic E-state index is 12.7. The molecule has 0 saturated carbocycles. The first-order valence-electron chi connectivity index (χ1n) is 8.68. The van der Waals surface area contributed by atoms with E-state index in [-0.39, 0.29) is 18.8 Å². The molecule has 0 bridgehead atoms. The summed E-state index contributed by atoms with van der Waals surface area (Å²) < 4.78 is 48.7. The van der Waals surface area contributed by atoms with Crippen molar-refractivity contribution in [1.29, 1.82) is 0 Å². The van der Waals surface area contributed by atoms with Crippen molar-refractivity contribution in [2.45, 2.75) is 50.9 Å². The van der Waals surface area contributed by atoms with Crippen LogP contribution in [0, 0.1) is 0 Å². The molecule has 0 spiro atoms. The van der Waals surface area contributed by atoms with Gasteiger partial charge in [-0.05, 0) is 33.6 Å². The fourth-order valence-corrected chi connectivity index (χ4v) is 3.71. The van der Waals surface area contributed by atoms with Crippen LogP contribution in [0.2, 0.25) is 0 Å². The number of likely N-dealkylation sites (tertiary alicyclic amines) is 1. The van der Waals surface area contributed by atoms with Gasteiger partial charge in [0.2, 0.25) is 0 Å². The number of nitrogens with one attached hydrogen (secondary N) is 1. The van der Waals surface area contributed by atoms with Crippen molar-refractivity contribution < 1.29 is 32.2 Å². The van der Waals surface area contributed by atoms with E-state index in [0.29, 0.717) is 30.7 Å². The fraction of sp³-hybridized carbons (Fsp3) is 0.706. The van der Waals surface area contributed by atoms with Gasteiger partial charge in [-0.2, -0.15) is 13.2 Å². The Morgan fingerprint density at radius 1 is 1.36 bits per heavy atom. The molecule has 1 saturated heterocycles. The largest absolute Gasteiger partial charge is 0.444 e. The maximum absolute atomic E-state index is 12.7. The molecule has 2 amide bonds. The molecule has 1 aliphatic heterocycles. The number of hydrogen-bond donors (Lipinski definition) is 1. The molecule has 2 rings (SSSR count). The van der Waals surface area contributed by atoms with Crippen LogP contribution in [-0.4, -0.2) is 59.8 Å². The average molecular weight is 423 g/mol. The van der Waals surface area contributed by atoms with Crippen LogP contribution in [0.25, 0.3) is 0 Å². The van der Waals surface area contributed by atoms with E-state index in [1.54, 1.807) is 20.8 Å².